The second-order valence-corrected chi connectivity index (χ2v) is 10.1. The first-order valence-electron chi connectivity index (χ1n) is 10.6. The normalized spacial score (nSPS) is 22.4. The van der Waals surface area contributed by atoms with Gasteiger partial charge in [-0.25, -0.2) is 13.1 Å². The van der Waals surface area contributed by atoms with Gasteiger partial charge in [0.05, 0.1) is 10.8 Å². The molecule has 1 amide bonds. The molecule has 1 saturated carbocycles. The molecule has 5 nitrogen and oxygen atoms in total. The molecule has 0 bridgehead atoms. The van der Waals surface area contributed by atoms with Gasteiger partial charge in [0.25, 0.3) is 0 Å². The molecule has 1 aromatic rings. The first-order chi connectivity index (χ1) is 14.1. The summed E-state index contributed by atoms with van der Waals surface area (Å²) in [4.78, 5) is 12.3. The Hall–Kier alpha value is -1.61. The number of aryl methyl sites for hydroxylation is 2. The molecule has 0 spiro atoms. The van der Waals surface area contributed by atoms with Crippen molar-refractivity contribution in [2.45, 2.75) is 81.3 Å². The fraction of sp³-hybridized carbons (Fsp3) is 0.667. The number of hydrogen-bond donors (Lipinski definition) is 2. The molecule has 30 heavy (non-hydrogen) atoms. The zero-order valence-corrected chi connectivity index (χ0v) is 17.7. The Labute approximate surface area is 175 Å². The van der Waals surface area contributed by atoms with Crippen molar-refractivity contribution >= 4 is 15.9 Å². The number of halogens is 3. The highest BCUT2D eigenvalue weighted by molar-refractivity contribution is 7.89. The van der Waals surface area contributed by atoms with Crippen LogP contribution < -0.4 is 10.0 Å². The van der Waals surface area contributed by atoms with Crippen LogP contribution >= 0.6 is 0 Å². The monoisotopic (exact) mass is 446 g/mol. The Bertz CT molecular complexity index is 856. The fourth-order valence-electron chi connectivity index (χ4n) is 4.33. The van der Waals surface area contributed by atoms with E-state index in [0.29, 0.717) is 12.8 Å². The van der Waals surface area contributed by atoms with E-state index in [1.165, 1.54) is 5.56 Å². The summed E-state index contributed by atoms with van der Waals surface area (Å²) in [5.41, 5.74) is 2.28. The number of alkyl halides is 3. The topological polar surface area (TPSA) is 75.3 Å². The first kappa shape index (κ1) is 23.1. The number of sulfonamides is 1. The lowest BCUT2D eigenvalue weighted by molar-refractivity contribution is -0.184. The maximum absolute atomic E-state index is 12.9. The van der Waals surface area contributed by atoms with Gasteiger partial charge in [0.1, 0.15) is 0 Å². The lowest BCUT2D eigenvalue weighted by atomic mass is 9.85. The summed E-state index contributed by atoms with van der Waals surface area (Å²) in [7, 11) is -3.65. The molecule has 2 unspecified atom stereocenters. The lowest BCUT2D eigenvalue weighted by Gasteiger charge is -2.31. The summed E-state index contributed by atoms with van der Waals surface area (Å²) < 4.78 is 66.1. The summed E-state index contributed by atoms with van der Waals surface area (Å²) in [5.74, 6) is -1.70. The van der Waals surface area contributed by atoms with Gasteiger partial charge in [0.15, 0.2) is 0 Å². The smallest absolute Gasteiger partial charge is 0.353 e. The van der Waals surface area contributed by atoms with Crippen LogP contribution in [-0.4, -0.2) is 33.1 Å². The van der Waals surface area contributed by atoms with E-state index in [1.54, 1.807) is 12.1 Å². The van der Waals surface area contributed by atoms with Gasteiger partial charge in [0.2, 0.25) is 15.9 Å². The number of benzene rings is 1. The molecule has 0 heterocycles. The fourth-order valence-corrected chi connectivity index (χ4v) is 5.46. The van der Waals surface area contributed by atoms with Gasteiger partial charge < -0.3 is 5.32 Å². The van der Waals surface area contributed by atoms with E-state index < -0.39 is 28.2 Å². The van der Waals surface area contributed by atoms with E-state index in [1.807, 2.05) is 6.07 Å². The van der Waals surface area contributed by atoms with Crippen molar-refractivity contribution in [2.24, 2.45) is 5.92 Å². The van der Waals surface area contributed by atoms with Crippen LogP contribution in [0.1, 0.15) is 62.5 Å². The van der Waals surface area contributed by atoms with Gasteiger partial charge in [-0.15, -0.1) is 0 Å². The zero-order valence-electron chi connectivity index (χ0n) is 16.9. The van der Waals surface area contributed by atoms with Crippen molar-refractivity contribution in [1.82, 2.24) is 10.0 Å². The number of carbonyl (C=O) groups excluding carboxylic acids is 1. The van der Waals surface area contributed by atoms with E-state index in [-0.39, 0.29) is 43.0 Å². The number of fused-ring (bicyclic) bond motifs is 1. The molecule has 0 aromatic heterocycles. The standard InChI is InChI=1S/C21H29F3N2O3S/c22-21(23,24)17-7-3-8-18(14-17)26-20(27)9-4-12-25-30(28,29)19-11-10-15-5-1-2-6-16(15)13-19/h10-11,13,17-18,25H,1-9,12,14H2,(H,26,27). The zero-order chi connectivity index (χ0) is 21.8. The van der Waals surface area contributed by atoms with E-state index in [2.05, 4.69) is 10.0 Å². The third kappa shape index (κ3) is 6.20. The van der Waals surface area contributed by atoms with E-state index >= 15 is 0 Å². The second-order valence-electron chi connectivity index (χ2n) is 8.31. The van der Waals surface area contributed by atoms with Crippen LogP contribution in [0.4, 0.5) is 13.2 Å². The van der Waals surface area contributed by atoms with Crippen molar-refractivity contribution in [1.29, 1.82) is 0 Å². The average Bonchev–Trinajstić information content (AvgIpc) is 2.70. The number of amides is 1. The molecular weight excluding hydrogens is 417 g/mol. The van der Waals surface area contributed by atoms with Crippen molar-refractivity contribution in [3.8, 4) is 0 Å². The summed E-state index contributed by atoms with van der Waals surface area (Å²) in [6, 6.07) is 4.74. The van der Waals surface area contributed by atoms with Gasteiger partial charge in [0, 0.05) is 19.0 Å². The average molecular weight is 447 g/mol. The minimum Gasteiger partial charge on any atom is -0.353 e. The molecule has 2 atom stereocenters. The molecule has 1 fully saturated rings. The maximum atomic E-state index is 12.9. The third-order valence-electron chi connectivity index (χ3n) is 6.01. The summed E-state index contributed by atoms with van der Waals surface area (Å²) in [5, 5.41) is 2.67. The molecule has 2 aliphatic rings. The third-order valence-corrected chi connectivity index (χ3v) is 7.46. The SMILES string of the molecule is O=C(CCCNS(=O)(=O)c1ccc2c(c1)CCCC2)NC1CCCC(C(F)(F)F)C1. The summed E-state index contributed by atoms with van der Waals surface area (Å²) in [6.07, 6.45) is 1.18. The Morgan fingerprint density at radius 1 is 1.07 bits per heavy atom. The number of nitrogens with one attached hydrogen (secondary N) is 2. The predicted octanol–water partition coefficient (Wildman–Crippen LogP) is 3.86. The van der Waals surface area contributed by atoms with Gasteiger partial charge in [-0.3, -0.25) is 4.79 Å². The van der Waals surface area contributed by atoms with Gasteiger partial charge in [-0.2, -0.15) is 13.2 Å². The van der Waals surface area contributed by atoms with Crippen molar-refractivity contribution in [3.05, 3.63) is 29.3 Å². The van der Waals surface area contributed by atoms with Gasteiger partial charge >= 0.3 is 6.18 Å². The van der Waals surface area contributed by atoms with Gasteiger partial charge in [-0.05, 0) is 74.6 Å². The molecule has 2 N–H and O–H groups in total. The lowest BCUT2D eigenvalue weighted by Crippen LogP contribution is -2.41. The van der Waals surface area contributed by atoms with Crippen LogP contribution in [0.25, 0.3) is 0 Å². The highest BCUT2D eigenvalue weighted by Crippen LogP contribution is 2.37. The molecule has 168 valence electrons. The molecule has 0 radical (unpaired) electrons. The van der Waals surface area contributed by atoms with E-state index in [4.69, 9.17) is 0 Å². The molecule has 1 aromatic carbocycles. The molecule has 0 aliphatic heterocycles. The summed E-state index contributed by atoms with van der Waals surface area (Å²) in [6.45, 7) is 0.0999. The molecule has 0 saturated heterocycles. The Balaban J connectivity index is 1.42. The van der Waals surface area contributed by atoms with E-state index in [0.717, 1.165) is 31.2 Å². The van der Waals surface area contributed by atoms with Crippen LogP contribution in [0.5, 0.6) is 0 Å². The van der Waals surface area contributed by atoms with Crippen molar-refractivity contribution in [3.63, 3.8) is 0 Å². The minimum absolute atomic E-state index is 0.0693. The quantitative estimate of drug-likeness (QED) is 0.625. The first-order valence-corrected chi connectivity index (χ1v) is 12.1. The molecule has 9 heteroatoms. The maximum Gasteiger partial charge on any atom is 0.391 e. The van der Waals surface area contributed by atoms with Gasteiger partial charge in [-0.1, -0.05) is 12.5 Å². The van der Waals surface area contributed by atoms with Crippen LogP contribution in [-0.2, 0) is 27.7 Å². The Morgan fingerprint density at radius 2 is 1.80 bits per heavy atom. The molecule has 2 aliphatic carbocycles. The Kier molecular flexibility index (Phi) is 7.44. The Morgan fingerprint density at radius 3 is 2.53 bits per heavy atom. The number of hydrogen-bond acceptors (Lipinski definition) is 3. The van der Waals surface area contributed by atoms with Crippen molar-refractivity contribution in [2.75, 3.05) is 6.54 Å². The highest BCUT2D eigenvalue weighted by atomic mass is 32.2. The minimum atomic E-state index is -4.22. The number of rotatable bonds is 7. The van der Waals surface area contributed by atoms with E-state index in [9.17, 15) is 26.4 Å². The molecular formula is C21H29F3N2O3S. The van der Waals surface area contributed by atoms with Crippen molar-refractivity contribution < 1.29 is 26.4 Å². The largest absolute Gasteiger partial charge is 0.391 e. The van der Waals surface area contributed by atoms with Crippen LogP contribution in [0.15, 0.2) is 23.1 Å². The molecule has 3 rings (SSSR count). The van der Waals surface area contributed by atoms with Crippen LogP contribution in [0.3, 0.4) is 0 Å². The van der Waals surface area contributed by atoms with Crippen LogP contribution in [0.2, 0.25) is 0 Å². The second kappa shape index (κ2) is 9.68. The summed E-state index contributed by atoms with van der Waals surface area (Å²) >= 11 is 0. The predicted molar refractivity (Wildman–Crippen MR) is 107 cm³/mol. The number of carbonyl (C=O) groups is 1. The van der Waals surface area contributed by atoms with Crippen LogP contribution in [0, 0.1) is 5.92 Å². The highest BCUT2D eigenvalue weighted by Gasteiger charge is 2.42.